The molecule has 1 aromatic rings. The lowest BCUT2D eigenvalue weighted by atomic mass is 10.1. The number of amides is 1. The molecule has 1 aromatic heterocycles. The van der Waals surface area contributed by atoms with Crippen LogP contribution in [0.3, 0.4) is 0 Å². The Hall–Kier alpha value is -0.960. The minimum absolute atomic E-state index is 0.0990. The highest BCUT2D eigenvalue weighted by Crippen LogP contribution is 2.21. The fourth-order valence-electron chi connectivity index (χ4n) is 2.49. The fraction of sp³-hybridized carbons (Fsp3) is 0.643. The summed E-state index contributed by atoms with van der Waals surface area (Å²) in [6.07, 6.45) is 3.13. The summed E-state index contributed by atoms with van der Waals surface area (Å²) in [5.41, 5.74) is 0. The van der Waals surface area contributed by atoms with E-state index in [1.807, 2.05) is 0 Å². The van der Waals surface area contributed by atoms with Crippen LogP contribution in [0.2, 0.25) is 0 Å². The van der Waals surface area contributed by atoms with E-state index in [-0.39, 0.29) is 16.2 Å². The molecule has 1 N–H and O–H groups in total. The molecule has 1 amide bonds. The molecule has 0 aliphatic carbocycles. The topological polar surface area (TPSA) is 75.7 Å². The first-order valence-corrected chi connectivity index (χ1v) is 9.93. The Morgan fingerprint density at radius 3 is 2.91 bits per heavy atom. The van der Waals surface area contributed by atoms with Gasteiger partial charge in [0.15, 0.2) is 9.84 Å². The Labute approximate surface area is 135 Å². The van der Waals surface area contributed by atoms with Gasteiger partial charge in [0.05, 0.1) is 11.5 Å². The maximum absolute atomic E-state index is 12.2. The number of carbonyl (C=O) groups excluding carboxylic acids is 1. The van der Waals surface area contributed by atoms with E-state index in [1.165, 1.54) is 6.07 Å². The lowest BCUT2D eigenvalue weighted by Crippen LogP contribution is -2.48. The number of ether oxygens (including phenoxy) is 1. The fourth-order valence-corrected chi connectivity index (χ4v) is 4.33. The molecule has 0 radical (unpaired) electrons. The molecule has 0 saturated carbocycles. The molecule has 6 nitrogen and oxygen atoms in total. The van der Waals surface area contributed by atoms with Crippen LogP contribution in [0.15, 0.2) is 16.3 Å². The predicted molar refractivity (Wildman–Crippen MR) is 86.2 cm³/mol. The van der Waals surface area contributed by atoms with Gasteiger partial charge in [0, 0.05) is 32.5 Å². The minimum Gasteiger partial charge on any atom is -0.383 e. The summed E-state index contributed by atoms with van der Waals surface area (Å²) < 4.78 is 28.2. The van der Waals surface area contributed by atoms with Gasteiger partial charge in [-0.3, -0.25) is 9.69 Å². The molecule has 1 fully saturated rings. The number of thiophene rings is 1. The number of rotatable bonds is 6. The van der Waals surface area contributed by atoms with Crippen molar-refractivity contribution in [1.29, 1.82) is 0 Å². The van der Waals surface area contributed by atoms with Crippen molar-refractivity contribution in [2.24, 2.45) is 0 Å². The molecule has 22 heavy (non-hydrogen) atoms. The zero-order valence-corrected chi connectivity index (χ0v) is 14.5. The average Bonchev–Trinajstić information content (AvgIpc) is 2.95. The summed E-state index contributed by atoms with van der Waals surface area (Å²) in [5.74, 6) is -0.196. The quantitative estimate of drug-likeness (QED) is 0.831. The summed E-state index contributed by atoms with van der Waals surface area (Å²) in [6, 6.07) is 3.16. The number of piperidine rings is 1. The molecule has 2 heterocycles. The van der Waals surface area contributed by atoms with Crippen molar-refractivity contribution >= 4 is 27.1 Å². The number of carbonyl (C=O) groups is 1. The molecule has 8 heteroatoms. The van der Waals surface area contributed by atoms with Crippen LogP contribution in [0.25, 0.3) is 0 Å². The summed E-state index contributed by atoms with van der Waals surface area (Å²) in [5, 5.41) is 3.00. The molecule has 1 saturated heterocycles. The van der Waals surface area contributed by atoms with Gasteiger partial charge < -0.3 is 10.1 Å². The smallest absolute Gasteiger partial charge is 0.261 e. The number of nitrogens with zero attached hydrogens (tertiary/aromatic N) is 1. The largest absolute Gasteiger partial charge is 0.383 e. The third-order valence-corrected chi connectivity index (χ3v) is 6.53. The third-order valence-electron chi connectivity index (χ3n) is 3.62. The molecule has 1 atom stereocenters. The molecule has 1 aliphatic rings. The Balaban J connectivity index is 1.92. The van der Waals surface area contributed by atoms with Crippen LogP contribution in [-0.2, 0) is 14.6 Å². The van der Waals surface area contributed by atoms with Crippen LogP contribution < -0.4 is 5.32 Å². The zero-order valence-electron chi connectivity index (χ0n) is 12.9. The first-order valence-electron chi connectivity index (χ1n) is 7.22. The third kappa shape index (κ3) is 4.77. The van der Waals surface area contributed by atoms with Gasteiger partial charge in [-0.05, 0) is 31.5 Å². The summed E-state index contributed by atoms with van der Waals surface area (Å²) in [7, 11) is -1.57. The second-order valence-electron chi connectivity index (χ2n) is 5.50. The zero-order chi connectivity index (χ0) is 16.2. The number of methoxy groups -OCH3 is 1. The predicted octanol–water partition coefficient (Wildman–Crippen LogP) is 0.992. The van der Waals surface area contributed by atoms with Gasteiger partial charge in [-0.1, -0.05) is 0 Å². The minimum atomic E-state index is -3.25. The van der Waals surface area contributed by atoms with E-state index in [2.05, 4.69) is 10.2 Å². The average molecular weight is 346 g/mol. The van der Waals surface area contributed by atoms with Crippen molar-refractivity contribution < 1.29 is 17.9 Å². The summed E-state index contributed by atoms with van der Waals surface area (Å²) >= 11 is 1.02. The van der Waals surface area contributed by atoms with E-state index in [9.17, 15) is 13.2 Å². The molecular formula is C14H22N2O4S2. The second-order valence-corrected chi connectivity index (χ2v) is 8.82. The van der Waals surface area contributed by atoms with Crippen LogP contribution >= 0.6 is 11.3 Å². The highest BCUT2D eigenvalue weighted by atomic mass is 32.2. The van der Waals surface area contributed by atoms with Gasteiger partial charge >= 0.3 is 0 Å². The molecular weight excluding hydrogens is 324 g/mol. The maximum Gasteiger partial charge on any atom is 0.261 e. The van der Waals surface area contributed by atoms with Crippen molar-refractivity contribution in [2.75, 3.05) is 39.6 Å². The Kier molecular flexibility index (Phi) is 5.96. The molecule has 2 rings (SSSR count). The standard InChI is InChI=1S/C14H22N2O4S2/c1-20-9-8-16-7-3-4-11(10-16)15-14(17)12-5-6-13(21-12)22(2,18)19/h5-6,11H,3-4,7-10H2,1-2H3,(H,15,17). The number of hydrogen-bond acceptors (Lipinski definition) is 6. The van der Waals surface area contributed by atoms with E-state index >= 15 is 0 Å². The van der Waals surface area contributed by atoms with Crippen LogP contribution in [0, 0.1) is 0 Å². The van der Waals surface area contributed by atoms with Gasteiger partial charge in [0.25, 0.3) is 5.91 Å². The van der Waals surface area contributed by atoms with Gasteiger partial charge in [0.1, 0.15) is 4.21 Å². The molecule has 0 bridgehead atoms. The first-order chi connectivity index (χ1) is 10.4. The highest BCUT2D eigenvalue weighted by Gasteiger charge is 2.23. The molecule has 0 aromatic carbocycles. The Bertz CT molecular complexity index is 612. The Morgan fingerprint density at radius 1 is 1.50 bits per heavy atom. The maximum atomic E-state index is 12.2. The van der Waals surface area contributed by atoms with Crippen molar-refractivity contribution in [3.05, 3.63) is 17.0 Å². The van der Waals surface area contributed by atoms with E-state index in [0.29, 0.717) is 11.5 Å². The van der Waals surface area contributed by atoms with Crippen LogP contribution in [0.4, 0.5) is 0 Å². The van der Waals surface area contributed by atoms with Crippen LogP contribution in [-0.4, -0.2) is 64.9 Å². The van der Waals surface area contributed by atoms with Crippen molar-refractivity contribution in [1.82, 2.24) is 10.2 Å². The van der Waals surface area contributed by atoms with E-state index < -0.39 is 9.84 Å². The summed E-state index contributed by atoms with van der Waals surface area (Å²) in [4.78, 5) is 14.9. The lowest BCUT2D eigenvalue weighted by molar-refractivity contribution is 0.0882. The van der Waals surface area contributed by atoms with Crippen LogP contribution in [0.5, 0.6) is 0 Å². The van der Waals surface area contributed by atoms with Crippen LogP contribution in [0.1, 0.15) is 22.5 Å². The number of nitrogens with one attached hydrogen (secondary N) is 1. The SMILES string of the molecule is COCCN1CCCC(NC(=O)c2ccc(S(C)(=O)=O)s2)C1. The van der Waals surface area contributed by atoms with Gasteiger partial charge in [-0.2, -0.15) is 0 Å². The van der Waals surface area contributed by atoms with Crippen molar-refractivity contribution in [3.63, 3.8) is 0 Å². The summed E-state index contributed by atoms with van der Waals surface area (Å²) in [6.45, 7) is 3.37. The molecule has 1 unspecified atom stereocenters. The van der Waals surface area contributed by atoms with E-state index in [1.54, 1.807) is 13.2 Å². The Morgan fingerprint density at radius 2 is 2.27 bits per heavy atom. The van der Waals surface area contributed by atoms with E-state index in [0.717, 1.165) is 50.1 Å². The van der Waals surface area contributed by atoms with Gasteiger partial charge in [-0.25, -0.2) is 8.42 Å². The number of sulfone groups is 1. The normalized spacial score (nSPS) is 20.0. The number of hydrogen-bond donors (Lipinski definition) is 1. The monoisotopic (exact) mass is 346 g/mol. The molecule has 0 spiro atoms. The number of likely N-dealkylation sites (tertiary alicyclic amines) is 1. The first kappa shape index (κ1) is 17.4. The van der Waals surface area contributed by atoms with Gasteiger partial charge in [-0.15, -0.1) is 11.3 Å². The van der Waals surface area contributed by atoms with Gasteiger partial charge in [0.2, 0.25) is 0 Å². The molecule has 1 aliphatic heterocycles. The lowest BCUT2D eigenvalue weighted by Gasteiger charge is -2.32. The highest BCUT2D eigenvalue weighted by molar-refractivity contribution is 7.92. The molecule has 124 valence electrons. The van der Waals surface area contributed by atoms with E-state index in [4.69, 9.17) is 4.74 Å². The van der Waals surface area contributed by atoms with Crippen molar-refractivity contribution in [2.45, 2.75) is 23.1 Å². The second kappa shape index (κ2) is 7.54. The van der Waals surface area contributed by atoms with Crippen molar-refractivity contribution in [3.8, 4) is 0 Å².